The van der Waals surface area contributed by atoms with Crippen molar-refractivity contribution in [2.75, 3.05) is 52.3 Å². The molecule has 0 unspecified atom stereocenters. The standard InChI is InChI=1S/C17H25N3O4/c1-13(17(22)18-14-6-4-5-7-15(14)23-3)19(2)12-16(21)20-8-10-24-11-9-20/h4-7,13H,8-12H2,1-3H3,(H,18,22)/t13-/m1/s1. The molecule has 0 bridgehead atoms. The van der Waals surface area contributed by atoms with E-state index in [1.807, 2.05) is 12.1 Å². The SMILES string of the molecule is COc1ccccc1NC(=O)[C@@H](C)N(C)CC(=O)N1CCOCC1. The third kappa shape index (κ3) is 4.69. The minimum Gasteiger partial charge on any atom is -0.495 e. The Morgan fingerprint density at radius 3 is 2.67 bits per heavy atom. The summed E-state index contributed by atoms with van der Waals surface area (Å²) in [7, 11) is 3.33. The molecule has 1 N–H and O–H groups in total. The number of ether oxygens (including phenoxy) is 2. The number of carbonyl (C=O) groups excluding carboxylic acids is 2. The summed E-state index contributed by atoms with van der Waals surface area (Å²) in [6.07, 6.45) is 0. The highest BCUT2D eigenvalue weighted by atomic mass is 16.5. The first-order chi connectivity index (χ1) is 11.5. The summed E-state index contributed by atoms with van der Waals surface area (Å²) in [6.45, 7) is 4.32. The van der Waals surface area contributed by atoms with Gasteiger partial charge in [-0.25, -0.2) is 0 Å². The molecule has 0 aliphatic carbocycles. The summed E-state index contributed by atoms with van der Waals surface area (Å²) >= 11 is 0. The van der Waals surface area contributed by atoms with Gasteiger partial charge in [0, 0.05) is 13.1 Å². The molecule has 0 radical (unpaired) electrons. The van der Waals surface area contributed by atoms with E-state index in [1.54, 1.807) is 43.0 Å². The fourth-order valence-corrected chi connectivity index (χ4v) is 2.45. The summed E-state index contributed by atoms with van der Waals surface area (Å²) in [6, 6.07) is 6.79. The Morgan fingerprint density at radius 1 is 1.33 bits per heavy atom. The smallest absolute Gasteiger partial charge is 0.241 e. The van der Waals surface area contributed by atoms with Crippen LogP contribution in [0.5, 0.6) is 5.75 Å². The normalized spacial score (nSPS) is 15.9. The Hall–Kier alpha value is -2.12. The maximum atomic E-state index is 12.4. The first-order valence-corrected chi connectivity index (χ1v) is 8.02. The molecule has 0 spiro atoms. The van der Waals surface area contributed by atoms with Crippen LogP contribution in [-0.4, -0.2) is 74.7 Å². The second-order valence-electron chi connectivity index (χ2n) is 5.77. The van der Waals surface area contributed by atoms with Gasteiger partial charge in [-0.2, -0.15) is 0 Å². The summed E-state index contributed by atoms with van der Waals surface area (Å²) in [5.74, 6) is 0.430. The highest BCUT2D eigenvalue weighted by molar-refractivity contribution is 5.96. The van der Waals surface area contributed by atoms with Gasteiger partial charge in [0.2, 0.25) is 11.8 Å². The van der Waals surface area contributed by atoms with Crippen molar-refractivity contribution in [3.8, 4) is 5.75 Å². The van der Waals surface area contributed by atoms with Crippen molar-refractivity contribution in [3.63, 3.8) is 0 Å². The zero-order chi connectivity index (χ0) is 17.5. The van der Waals surface area contributed by atoms with Crippen LogP contribution in [0.15, 0.2) is 24.3 Å². The Balaban J connectivity index is 1.90. The molecule has 2 amide bonds. The van der Waals surface area contributed by atoms with E-state index in [4.69, 9.17) is 9.47 Å². The fourth-order valence-electron chi connectivity index (χ4n) is 2.45. The number of rotatable bonds is 6. The lowest BCUT2D eigenvalue weighted by molar-refractivity contribution is -0.137. The third-order valence-electron chi connectivity index (χ3n) is 4.15. The molecule has 1 aliphatic heterocycles. The summed E-state index contributed by atoms with van der Waals surface area (Å²) in [5.41, 5.74) is 0.616. The number of methoxy groups -OCH3 is 1. The van der Waals surface area contributed by atoms with E-state index in [0.717, 1.165) is 0 Å². The van der Waals surface area contributed by atoms with Crippen molar-refractivity contribution in [2.45, 2.75) is 13.0 Å². The molecule has 1 heterocycles. The maximum Gasteiger partial charge on any atom is 0.241 e. The molecule has 24 heavy (non-hydrogen) atoms. The number of carbonyl (C=O) groups is 2. The summed E-state index contributed by atoms with van der Waals surface area (Å²) in [4.78, 5) is 28.2. The minimum atomic E-state index is -0.445. The zero-order valence-corrected chi connectivity index (χ0v) is 14.4. The van der Waals surface area contributed by atoms with Crippen LogP contribution in [0.1, 0.15) is 6.92 Å². The van der Waals surface area contributed by atoms with Crippen LogP contribution < -0.4 is 10.1 Å². The van der Waals surface area contributed by atoms with Gasteiger partial charge >= 0.3 is 0 Å². The largest absolute Gasteiger partial charge is 0.495 e. The predicted molar refractivity (Wildman–Crippen MR) is 91.1 cm³/mol. The van der Waals surface area contributed by atoms with Crippen molar-refractivity contribution in [3.05, 3.63) is 24.3 Å². The second kappa shape index (κ2) is 8.65. The topological polar surface area (TPSA) is 71.1 Å². The first-order valence-electron chi connectivity index (χ1n) is 8.02. The number of morpholine rings is 1. The minimum absolute atomic E-state index is 0.0118. The van der Waals surface area contributed by atoms with Gasteiger partial charge in [-0.3, -0.25) is 14.5 Å². The molecule has 7 nitrogen and oxygen atoms in total. The van der Waals surface area contributed by atoms with Gasteiger partial charge in [0.25, 0.3) is 0 Å². The molecule has 1 saturated heterocycles. The molecule has 2 rings (SSSR count). The number of hydrogen-bond acceptors (Lipinski definition) is 5. The zero-order valence-electron chi connectivity index (χ0n) is 14.4. The van der Waals surface area contributed by atoms with Gasteiger partial charge in [0.1, 0.15) is 5.75 Å². The number of amides is 2. The quantitative estimate of drug-likeness (QED) is 0.833. The molecule has 1 aliphatic rings. The Morgan fingerprint density at radius 2 is 2.00 bits per heavy atom. The van der Waals surface area contributed by atoms with Crippen molar-refractivity contribution in [1.29, 1.82) is 0 Å². The average Bonchev–Trinajstić information content (AvgIpc) is 2.62. The molecule has 1 aromatic rings. The summed E-state index contributed by atoms with van der Waals surface area (Å²) < 4.78 is 10.5. The van der Waals surface area contributed by atoms with Crippen LogP contribution in [0, 0.1) is 0 Å². The van der Waals surface area contributed by atoms with Crippen LogP contribution in [-0.2, 0) is 14.3 Å². The van der Waals surface area contributed by atoms with Crippen LogP contribution >= 0.6 is 0 Å². The van der Waals surface area contributed by atoms with Crippen LogP contribution in [0.25, 0.3) is 0 Å². The second-order valence-corrected chi connectivity index (χ2v) is 5.77. The van der Waals surface area contributed by atoms with E-state index in [0.29, 0.717) is 37.7 Å². The molecule has 1 atom stereocenters. The van der Waals surface area contributed by atoms with Crippen molar-refractivity contribution < 1.29 is 19.1 Å². The molecule has 132 valence electrons. The Labute approximate surface area is 142 Å². The van der Waals surface area contributed by atoms with Gasteiger partial charge in [0.15, 0.2) is 0 Å². The molecule has 0 saturated carbocycles. The highest BCUT2D eigenvalue weighted by Gasteiger charge is 2.24. The Bertz CT molecular complexity index is 573. The fraction of sp³-hybridized carbons (Fsp3) is 0.529. The number of para-hydroxylation sites is 2. The molecular weight excluding hydrogens is 310 g/mol. The van der Waals surface area contributed by atoms with Gasteiger partial charge in [0.05, 0.1) is 38.6 Å². The highest BCUT2D eigenvalue weighted by Crippen LogP contribution is 2.23. The molecule has 7 heteroatoms. The van der Waals surface area contributed by atoms with E-state index in [2.05, 4.69) is 5.32 Å². The number of likely N-dealkylation sites (N-methyl/N-ethyl adjacent to an activating group) is 1. The molecule has 0 aromatic heterocycles. The van der Waals surface area contributed by atoms with E-state index >= 15 is 0 Å². The van der Waals surface area contributed by atoms with E-state index in [9.17, 15) is 9.59 Å². The summed E-state index contributed by atoms with van der Waals surface area (Å²) in [5, 5.41) is 2.84. The monoisotopic (exact) mass is 335 g/mol. The van der Waals surface area contributed by atoms with Gasteiger partial charge in [-0.15, -0.1) is 0 Å². The lowest BCUT2D eigenvalue weighted by Gasteiger charge is -2.30. The van der Waals surface area contributed by atoms with Crippen LogP contribution in [0.2, 0.25) is 0 Å². The number of nitrogens with zero attached hydrogens (tertiary/aromatic N) is 2. The number of anilines is 1. The Kier molecular flexibility index (Phi) is 6.57. The van der Waals surface area contributed by atoms with E-state index < -0.39 is 6.04 Å². The van der Waals surface area contributed by atoms with E-state index in [1.165, 1.54) is 0 Å². The van der Waals surface area contributed by atoms with Crippen molar-refractivity contribution in [2.24, 2.45) is 0 Å². The number of benzene rings is 1. The first kappa shape index (κ1) is 18.2. The maximum absolute atomic E-state index is 12.4. The molecular formula is C17H25N3O4. The van der Waals surface area contributed by atoms with Crippen LogP contribution in [0.4, 0.5) is 5.69 Å². The lowest BCUT2D eigenvalue weighted by Crippen LogP contribution is -2.48. The van der Waals surface area contributed by atoms with Crippen molar-refractivity contribution >= 4 is 17.5 Å². The third-order valence-corrected chi connectivity index (χ3v) is 4.15. The van der Waals surface area contributed by atoms with E-state index in [-0.39, 0.29) is 18.4 Å². The average molecular weight is 335 g/mol. The predicted octanol–water partition coefficient (Wildman–Crippen LogP) is 0.813. The lowest BCUT2D eigenvalue weighted by atomic mass is 10.2. The molecule has 1 fully saturated rings. The number of hydrogen-bond donors (Lipinski definition) is 1. The van der Waals surface area contributed by atoms with Gasteiger partial charge in [-0.1, -0.05) is 12.1 Å². The van der Waals surface area contributed by atoms with Crippen LogP contribution in [0.3, 0.4) is 0 Å². The van der Waals surface area contributed by atoms with Gasteiger partial charge < -0.3 is 19.7 Å². The van der Waals surface area contributed by atoms with Crippen molar-refractivity contribution in [1.82, 2.24) is 9.80 Å². The molecule has 1 aromatic carbocycles. The number of nitrogens with one attached hydrogen (secondary N) is 1. The van der Waals surface area contributed by atoms with Gasteiger partial charge in [-0.05, 0) is 26.1 Å².